The third-order valence-corrected chi connectivity index (χ3v) is 6.72. The Balaban J connectivity index is 1.46. The smallest absolute Gasteiger partial charge is 0.227 e. The Morgan fingerprint density at radius 2 is 1.96 bits per heavy atom. The highest BCUT2D eigenvalue weighted by atomic mass is 32.2. The predicted molar refractivity (Wildman–Crippen MR) is 105 cm³/mol. The van der Waals surface area contributed by atoms with Crippen LogP contribution in [-0.2, 0) is 29.5 Å². The molecule has 0 radical (unpaired) electrons. The summed E-state index contributed by atoms with van der Waals surface area (Å²) in [7, 11) is -3.12. The lowest BCUT2D eigenvalue weighted by molar-refractivity contribution is 0.306. The fraction of sp³-hybridized carbons (Fsp3) is 0.722. The van der Waals surface area contributed by atoms with Gasteiger partial charge in [0.2, 0.25) is 15.9 Å². The van der Waals surface area contributed by atoms with Crippen LogP contribution in [0.5, 0.6) is 0 Å². The Labute approximate surface area is 166 Å². The van der Waals surface area contributed by atoms with E-state index in [1.807, 2.05) is 11.6 Å². The number of hydrogen-bond donors (Lipinski definition) is 1. The molecule has 1 aliphatic heterocycles. The molecule has 0 bridgehead atoms. The largest absolute Gasteiger partial charge is 0.339 e. The molecule has 0 amide bonds. The molecule has 0 unspecified atom stereocenters. The van der Waals surface area contributed by atoms with Crippen molar-refractivity contribution in [1.82, 2.24) is 29.5 Å². The summed E-state index contributed by atoms with van der Waals surface area (Å²) in [6, 6.07) is 0. The molecule has 0 spiro atoms. The predicted octanol–water partition coefficient (Wildman–Crippen LogP) is 1.37. The Kier molecular flexibility index (Phi) is 6.51. The summed E-state index contributed by atoms with van der Waals surface area (Å²) in [6.07, 6.45) is 3.37. The molecule has 9 nitrogen and oxygen atoms in total. The van der Waals surface area contributed by atoms with Crippen LogP contribution in [0.3, 0.4) is 0 Å². The van der Waals surface area contributed by atoms with Crippen molar-refractivity contribution in [3.63, 3.8) is 0 Å². The van der Waals surface area contributed by atoms with Gasteiger partial charge in [-0.15, -0.1) is 0 Å². The van der Waals surface area contributed by atoms with Gasteiger partial charge in [-0.05, 0) is 33.6 Å². The Hall–Kier alpha value is -1.78. The van der Waals surface area contributed by atoms with Crippen molar-refractivity contribution in [2.75, 3.05) is 25.9 Å². The van der Waals surface area contributed by atoms with Gasteiger partial charge >= 0.3 is 0 Å². The van der Waals surface area contributed by atoms with Gasteiger partial charge in [0.15, 0.2) is 5.82 Å². The normalized spacial score (nSPS) is 16.7. The fourth-order valence-electron chi connectivity index (χ4n) is 3.69. The monoisotopic (exact) mass is 410 g/mol. The number of aromatic nitrogens is 4. The molecule has 0 aromatic carbocycles. The lowest BCUT2D eigenvalue weighted by Crippen LogP contribution is -2.37. The second kappa shape index (κ2) is 8.71. The van der Waals surface area contributed by atoms with Gasteiger partial charge in [-0.2, -0.15) is 10.1 Å². The summed E-state index contributed by atoms with van der Waals surface area (Å²) >= 11 is 0. The van der Waals surface area contributed by atoms with Crippen molar-refractivity contribution in [1.29, 1.82) is 0 Å². The third kappa shape index (κ3) is 4.79. The molecular formula is C18H30N6O3S. The van der Waals surface area contributed by atoms with Crippen molar-refractivity contribution >= 4 is 10.0 Å². The third-order valence-electron chi connectivity index (χ3n) is 5.42. The van der Waals surface area contributed by atoms with E-state index < -0.39 is 10.0 Å². The number of piperidine rings is 1. The minimum Gasteiger partial charge on any atom is -0.339 e. The Morgan fingerprint density at radius 3 is 2.57 bits per heavy atom. The van der Waals surface area contributed by atoms with E-state index in [4.69, 9.17) is 4.52 Å². The standard InChI is InChI=1S/C18H30N6O3S/c1-5-24-14(3)16(13(2)21-24)12-19-9-6-17-20-18(22-27-17)15-7-10-23(11-8-15)28(4,25)26/h15,19H,5-12H2,1-4H3. The van der Waals surface area contributed by atoms with E-state index in [-0.39, 0.29) is 5.92 Å². The van der Waals surface area contributed by atoms with Crippen LogP contribution in [0, 0.1) is 13.8 Å². The van der Waals surface area contributed by atoms with Crippen molar-refractivity contribution < 1.29 is 12.9 Å². The molecule has 1 fully saturated rings. The van der Waals surface area contributed by atoms with Gasteiger partial charge in [-0.1, -0.05) is 5.16 Å². The fourth-order valence-corrected chi connectivity index (χ4v) is 4.56. The molecule has 2 aromatic rings. The van der Waals surface area contributed by atoms with E-state index in [2.05, 4.69) is 34.4 Å². The van der Waals surface area contributed by atoms with Crippen LogP contribution in [0.25, 0.3) is 0 Å². The minimum absolute atomic E-state index is 0.161. The second-order valence-corrected chi connectivity index (χ2v) is 9.36. The Morgan fingerprint density at radius 1 is 1.25 bits per heavy atom. The van der Waals surface area contributed by atoms with Crippen molar-refractivity contribution in [3.05, 3.63) is 28.7 Å². The van der Waals surface area contributed by atoms with Gasteiger partial charge in [0.25, 0.3) is 0 Å². The van der Waals surface area contributed by atoms with Gasteiger partial charge in [0.1, 0.15) is 0 Å². The zero-order valence-electron chi connectivity index (χ0n) is 17.1. The van der Waals surface area contributed by atoms with Crippen LogP contribution in [-0.4, -0.2) is 58.5 Å². The zero-order chi connectivity index (χ0) is 20.3. The molecular weight excluding hydrogens is 380 g/mol. The molecule has 3 heterocycles. The molecule has 0 saturated carbocycles. The quantitative estimate of drug-likeness (QED) is 0.655. The van der Waals surface area contributed by atoms with E-state index in [0.717, 1.165) is 38.2 Å². The molecule has 2 aromatic heterocycles. The average Bonchev–Trinajstić information content (AvgIpc) is 3.23. The second-order valence-electron chi connectivity index (χ2n) is 7.37. The lowest BCUT2D eigenvalue weighted by Gasteiger charge is -2.28. The maximum Gasteiger partial charge on any atom is 0.227 e. The molecule has 1 N–H and O–H groups in total. The molecule has 3 rings (SSSR count). The van der Waals surface area contributed by atoms with E-state index in [9.17, 15) is 8.42 Å². The summed E-state index contributed by atoms with van der Waals surface area (Å²) in [6.45, 7) is 9.63. The molecule has 28 heavy (non-hydrogen) atoms. The number of hydrogen-bond acceptors (Lipinski definition) is 7. The van der Waals surface area contributed by atoms with Crippen molar-refractivity contribution in [2.45, 2.75) is 59.0 Å². The zero-order valence-corrected chi connectivity index (χ0v) is 17.9. The van der Waals surface area contributed by atoms with Crippen LogP contribution in [0.1, 0.15) is 54.3 Å². The van der Waals surface area contributed by atoms with E-state index in [1.54, 1.807) is 0 Å². The first-order valence-corrected chi connectivity index (χ1v) is 11.7. The highest BCUT2D eigenvalue weighted by Crippen LogP contribution is 2.27. The molecule has 156 valence electrons. The average molecular weight is 411 g/mol. The highest BCUT2D eigenvalue weighted by molar-refractivity contribution is 7.88. The van der Waals surface area contributed by atoms with Gasteiger partial charge in [-0.3, -0.25) is 4.68 Å². The van der Waals surface area contributed by atoms with Gasteiger partial charge < -0.3 is 9.84 Å². The molecule has 1 aliphatic rings. The minimum atomic E-state index is -3.12. The van der Waals surface area contributed by atoms with Crippen molar-refractivity contribution in [2.24, 2.45) is 0 Å². The van der Waals surface area contributed by atoms with Crippen LogP contribution in [0.4, 0.5) is 0 Å². The molecule has 1 saturated heterocycles. The number of nitrogens with zero attached hydrogens (tertiary/aromatic N) is 5. The topological polar surface area (TPSA) is 106 Å². The summed E-state index contributed by atoms with van der Waals surface area (Å²) in [5, 5.41) is 12.1. The molecule has 0 atom stereocenters. The summed E-state index contributed by atoms with van der Waals surface area (Å²) < 4.78 is 32.1. The van der Waals surface area contributed by atoms with Gasteiger partial charge in [-0.25, -0.2) is 12.7 Å². The van der Waals surface area contributed by atoms with Crippen LogP contribution >= 0.6 is 0 Å². The van der Waals surface area contributed by atoms with E-state index in [1.165, 1.54) is 21.8 Å². The van der Waals surface area contributed by atoms with Crippen LogP contribution in [0.15, 0.2) is 4.52 Å². The first kappa shape index (κ1) is 20.9. The Bertz CT molecular complexity index is 897. The number of aryl methyl sites for hydroxylation is 2. The summed E-state index contributed by atoms with van der Waals surface area (Å²) in [5.41, 5.74) is 3.51. The van der Waals surface area contributed by atoms with Gasteiger partial charge in [0.05, 0.1) is 11.9 Å². The van der Waals surface area contributed by atoms with Crippen molar-refractivity contribution in [3.8, 4) is 0 Å². The number of rotatable bonds is 8. The molecule has 0 aliphatic carbocycles. The summed E-state index contributed by atoms with van der Waals surface area (Å²) in [5.74, 6) is 1.47. The summed E-state index contributed by atoms with van der Waals surface area (Å²) in [4.78, 5) is 4.52. The lowest BCUT2D eigenvalue weighted by atomic mass is 9.97. The van der Waals surface area contributed by atoms with Gasteiger partial charge in [0, 0.05) is 56.3 Å². The van der Waals surface area contributed by atoms with Crippen LogP contribution < -0.4 is 5.32 Å². The SMILES string of the molecule is CCn1nc(C)c(CNCCc2nc(C3CCN(S(C)(=O)=O)CC3)no2)c1C. The van der Waals surface area contributed by atoms with Crippen LogP contribution in [0.2, 0.25) is 0 Å². The van der Waals surface area contributed by atoms with E-state index >= 15 is 0 Å². The van der Waals surface area contributed by atoms with E-state index in [0.29, 0.717) is 31.2 Å². The highest BCUT2D eigenvalue weighted by Gasteiger charge is 2.28. The molecule has 10 heteroatoms. The first-order chi connectivity index (χ1) is 13.3. The first-order valence-electron chi connectivity index (χ1n) is 9.80. The number of nitrogens with one attached hydrogen (secondary N) is 1. The number of sulfonamides is 1. The maximum absolute atomic E-state index is 11.6. The maximum atomic E-state index is 11.6.